The summed E-state index contributed by atoms with van der Waals surface area (Å²) in [6.45, 7) is 9.43. The number of hydrogen-bond donors (Lipinski definition) is 2. The van der Waals surface area contributed by atoms with E-state index in [-0.39, 0.29) is 5.91 Å². The smallest absolute Gasteiger partial charge is 0.238 e. The molecule has 22 heavy (non-hydrogen) atoms. The first-order chi connectivity index (χ1) is 10.5. The minimum Gasteiger partial charge on any atom is -0.325 e. The normalized spacial score (nSPS) is 11.0. The third-order valence-corrected chi connectivity index (χ3v) is 3.52. The predicted molar refractivity (Wildman–Crippen MR) is 89.4 cm³/mol. The van der Waals surface area contributed by atoms with E-state index in [2.05, 4.69) is 29.5 Å². The maximum atomic E-state index is 11.8. The summed E-state index contributed by atoms with van der Waals surface area (Å²) in [5, 5.41) is 6.02. The molecule has 1 aromatic heterocycles. The molecule has 0 fully saturated rings. The molecule has 0 unspecified atom stereocenters. The summed E-state index contributed by atoms with van der Waals surface area (Å²) < 4.78 is 2.03. The van der Waals surface area contributed by atoms with Gasteiger partial charge in [0.05, 0.1) is 18.6 Å². The number of aryl methyl sites for hydroxylation is 1. The van der Waals surface area contributed by atoms with Crippen LogP contribution in [0.3, 0.4) is 0 Å². The first kappa shape index (κ1) is 16.2. The van der Waals surface area contributed by atoms with Gasteiger partial charge in [-0.05, 0) is 50.6 Å². The lowest BCUT2D eigenvalue weighted by Crippen LogP contribution is -2.30. The number of imidazole rings is 1. The summed E-state index contributed by atoms with van der Waals surface area (Å²) in [5.41, 5.74) is 3.98. The van der Waals surface area contributed by atoms with Crippen molar-refractivity contribution in [3.8, 4) is 5.69 Å². The quantitative estimate of drug-likeness (QED) is 0.862. The number of hydrogen-bond acceptors (Lipinski definition) is 3. The van der Waals surface area contributed by atoms with Crippen LogP contribution < -0.4 is 10.6 Å². The highest BCUT2D eigenvalue weighted by Gasteiger charge is 2.06. The van der Waals surface area contributed by atoms with Crippen LogP contribution >= 0.6 is 0 Å². The average Bonchev–Trinajstić information content (AvgIpc) is 2.79. The number of anilines is 1. The van der Waals surface area contributed by atoms with Gasteiger partial charge in [0.25, 0.3) is 0 Å². The van der Waals surface area contributed by atoms with Crippen LogP contribution in [0.2, 0.25) is 0 Å². The van der Waals surface area contributed by atoms with Gasteiger partial charge in [-0.1, -0.05) is 13.8 Å². The molecule has 0 saturated heterocycles. The summed E-state index contributed by atoms with van der Waals surface area (Å²) >= 11 is 0. The van der Waals surface area contributed by atoms with Crippen LogP contribution in [0.5, 0.6) is 0 Å². The molecule has 0 aliphatic rings. The van der Waals surface area contributed by atoms with Gasteiger partial charge in [-0.25, -0.2) is 4.98 Å². The Balaban J connectivity index is 1.95. The van der Waals surface area contributed by atoms with Gasteiger partial charge in [-0.15, -0.1) is 0 Å². The second-order valence-electron chi connectivity index (χ2n) is 5.91. The summed E-state index contributed by atoms with van der Waals surface area (Å²) in [7, 11) is 0. The highest BCUT2D eigenvalue weighted by atomic mass is 16.1. The number of carbonyl (C=O) groups is 1. The summed E-state index contributed by atoms with van der Waals surface area (Å²) in [6, 6.07) is 7.77. The first-order valence-electron chi connectivity index (χ1n) is 7.59. The zero-order chi connectivity index (χ0) is 16.1. The standard InChI is InChI=1S/C17H24N4O/c1-12(2)9-18-10-17(22)20-15-5-7-16(8-6-15)21-11-19-13(3)14(21)4/h5-8,11-12,18H,9-10H2,1-4H3,(H,20,22). The van der Waals surface area contributed by atoms with E-state index >= 15 is 0 Å². The molecule has 1 heterocycles. The zero-order valence-electron chi connectivity index (χ0n) is 13.7. The molecule has 2 N–H and O–H groups in total. The van der Waals surface area contributed by atoms with Crippen molar-refractivity contribution in [1.29, 1.82) is 0 Å². The average molecular weight is 300 g/mol. The summed E-state index contributed by atoms with van der Waals surface area (Å²) in [6.07, 6.45) is 1.81. The van der Waals surface area contributed by atoms with Crippen LogP contribution in [-0.4, -0.2) is 28.5 Å². The fraction of sp³-hybridized carbons (Fsp3) is 0.412. The number of amides is 1. The van der Waals surface area contributed by atoms with Crippen molar-refractivity contribution in [2.24, 2.45) is 5.92 Å². The van der Waals surface area contributed by atoms with Crippen molar-refractivity contribution in [2.75, 3.05) is 18.4 Å². The Bertz CT molecular complexity index is 629. The van der Waals surface area contributed by atoms with Crippen molar-refractivity contribution in [2.45, 2.75) is 27.7 Å². The molecule has 5 nitrogen and oxygen atoms in total. The molecule has 0 aliphatic heterocycles. The van der Waals surface area contributed by atoms with Gasteiger partial charge < -0.3 is 15.2 Å². The van der Waals surface area contributed by atoms with Gasteiger partial charge in [0, 0.05) is 17.1 Å². The van der Waals surface area contributed by atoms with Crippen LogP contribution in [0.4, 0.5) is 5.69 Å². The lowest BCUT2D eigenvalue weighted by molar-refractivity contribution is -0.115. The minimum atomic E-state index is -0.0249. The van der Waals surface area contributed by atoms with Crippen molar-refractivity contribution in [1.82, 2.24) is 14.9 Å². The molecular weight excluding hydrogens is 276 g/mol. The van der Waals surface area contributed by atoms with Crippen molar-refractivity contribution in [3.63, 3.8) is 0 Å². The van der Waals surface area contributed by atoms with E-state index < -0.39 is 0 Å². The van der Waals surface area contributed by atoms with E-state index in [9.17, 15) is 4.79 Å². The van der Waals surface area contributed by atoms with Gasteiger partial charge in [-0.2, -0.15) is 0 Å². The van der Waals surface area contributed by atoms with Crippen LogP contribution in [-0.2, 0) is 4.79 Å². The molecule has 2 aromatic rings. The fourth-order valence-electron chi connectivity index (χ4n) is 2.14. The van der Waals surface area contributed by atoms with Crippen LogP contribution in [0.15, 0.2) is 30.6 Å². The van der Waals surface area contributed by atoms with Gasteiger partial charge in [0.15, 0.2) is 0 Å². The molecule has 0 bridgehead atoms. The topological polar surface area (TPSA) is 59.0 Å². The molecule has 1 amide bonds. The largest absolute Gasteiger partial charge is 0.325 e. The van der Waals surface area contributed by atoms with Crippen molar-refractivity contribution in [3.05, 3.63) is 42.0 Å². The molecule has 0 spiro atoms. The third-order valence-electron chi connectivity index (χ3n) is 3.52. The van der Waals surface area contributed by atoms with E-state index in [1.54, 1.807) is 0 Å². The van der Waals surface area contributed by atoms with E-state index in [1.807, 2.05) is 49.0 Å². The Hall–Kier alpha value is -2.14. The van der Waals surface area contributed by atoms with Crippen LogP contribution in [0, 0.1) is 19.8 Å². The van der Waals surface area contributed by atoms with E-state index in [0.29, 0.717) is 12.5 Å². The lowest BCUT2D eigenvalue weighted by Gasteiger charge is -2.10. The lowest BCUT2D eigenvalue weighted by atomic mass is 10.2. The molecule has 1 aromatic carbocycles. The molecule has 5 heteroatoms. The predicted octanol–water partition coefficient (Wildman–Crippen LogP) is 2.67. The first-order valence-corrected chi connectivity index (χ1v) is 7.59. The molecular formula is C17H24N4O. The zero-order valence-corrected chi connectivity index (χ0v) is 13.7. The van der Waals surface area contributed by atoms with Gasteiger partial charge >= 0.3 is 0 Å². The molecule has 0 radical (unpaired) electrons. The van der Waals surface area contributed by atoms with Gasteiger partial charge in [0.1, 0.15) is 0 Å². The maximum absolute atomic E-state index is 11.8. The molecule has 0 atom stereocenters. The number of carbonyl (C=O) groups excluding carboxylic acids is 1. The fourth-order valence-corrected chi connectivity index (χ4v) is 2.14. The van der Waals surface area contributed by atoms with E-state index in [1.165, 1.54) is 0 Å². The Labute approximate surface area is 131 Å². The third kappa shape index (κ3) is 4.18. The molecule has 0 saturated carbocycles. The molecule has 118 valence electrons. The SMILES string of the molecule is Cc1ncn(-c2ccc(NC(=O)CNCC(C)C)cc2)c1C. The number of aromatic nitrogens is 2. The van der Waals surface area contributed by atoms with Gasteiger partial charge in [0.2, 0.25) is 5.91 Å². The Kier molecular flexibility index (Phi) is 5.33. The Morgan fingerprint density at radius 1 is 1.23 bits per heavy atom. The molecule has 0 aliphatic carbocycles. The van der Waals surface area contributed by atoms with E-state index in [0.717, 1.165) is 29.3 Å². The minimum absolute atomic E-state index is 0.0249. The maximum Gasteiger partial charge on any atom is 0.238 e. The monoisotopic (exact) mass is 300 g/mol. The Morgan fingerprint density at radius 3 is 2.45 bits per heavy atom. The second-order valence-corrected chi connectivity index (χ2v) is 5.91. The van der Waals surface area contributed by atoms with E-state index in [4.69, 9.17) is 0 Å². The number of nitrogens with one attached hydrogen (secondary N) is 2. The number of nitrogens with zero attached hydrogens (tertiary/aromatic N) is 2. The van der Waals surface area contributed by atoms with Gasteiger partial charge in [-0.3, -0.25) is 4.79 Å². The summed E-state index contributed by atoms with van der Waals surface area (Å²) in [5.74, 6) is 0.511. The van der Waals surface area contributed by atoms with Crippen molar-refractivity contribution < 1.29 is 4.79 Å². The highest BCUT2D eigenvalue weighted by Crippen LogP contribution is 2.16. The number of rotatable bonds is 6. The summed E-state index contributed by atoms with van der Waals surface area (Å²) in [4.78, 5) is 16.1. The highest BCUT2D eigenvalue weighted by molar-refractivity contribution is 5.92. The van der Waals surface area contributed by atoms with Crippen LogP contribution in [0.1, 0.15) is 25.2 Å². The molecule has 2 rings (SSSR count). The number of benzene rings is 1. The Morgan fingerprint density at radius 2 is 1.91 bits per heavy atom. The van der Waals surface area contributed by atoms with Crippen molar-refractivity contribution >= 4 is 11.6 Å². The second kappa shape index (κ2) is 7.22. The van der Waals surface area contributed by atoms with Crippen LogP contribution in [0.25, 0.3) is 5.69 Å².